The highest BCUT2D eigenvalue weighted by Gasteiger charge is 2.36. The van der Waals surface area contributed by atoms with Crippen LogP contribution in [0.3, 0.4) is 0 Å². The molecule has 1 aromatic heterocycles. The van der Waals surface area contributed by atoms with Gasteiger partial charge >= 0.3 is 5.69 Å². The van der Waals surface area contributed by atoms with Crippen molar-refractivity contribution >= 4 is 45.8 Å². The van der Waals surface area contributed by atoms with E-state index in [-0.39, 0.29) is 35.7 Å². The van der Waals surface area contributed by atoms with Crippen LogP contribution in [-0.4, -0.2) is 109 Å². The Morgan fingerprint density at radius 2 is 2.00 bits per heavy atom. The molecule has 13 heteroatoms. The number of hydrogen-bond donors (Lipinski definition) is 0. The summed E-state index contributed by atoms with van der Waals surface area (Å²) in [5.41, 5.74) is 0.545. The van der Waals surface area contributed by atoms with E-state index >= 15 is 4.39 Å². The second-order valence-electron chi connectivity index (χ2n) is 11.9. The fourth-order valence-electron chi connectivity index (χ4n) is 6.30. The van der Waals surface area contributed by atoms with Crippen molar-refractivity contribution in [2.24, 2.45) is 0 Å². The summed E-state index contributed by atoms with van der Waals surface area (Å²) in [4.78, 5) is 43.0. The summed E-state index contributed by atoms with van der Waals surface area (Å²) in [6.45, 7) is 12.0. The molecule has 0 bridgehead atoms. The van der Waals surface area contributed by atoms with Gasteiger partial charge < -0.3 is 29.2 Å². The first kappa shape index (κ1) is 31.3. The minimum Gasteiger partial charge on any atom is -0.488 e. The predicted octanol–water partition coefficient (Wildman–Crippen LogP) is 4.20. The van der Waals surface area contributed by atoms with Gasteiger partial charge in [-0.3, -0.25) is 9.36 Å². The summed E-state index contributed by atoms with van der Waals surface area (Å²) in [6, 6.07) is 5.23. The van der Waals surface area contributed by atoms with Gasteiger partial charge in [-0.2, -0.15) is 4.98 Å². The molecule has 1 unspecified atom stereocenters. The fourth-order valence-corrected chi connectivity index (χ4v) is 6.77. The van der Waals surface area contributed by atoms with Crippen LogP contribution >= 0.6 is 23.2 Å². The summed E-state index contributed by atoms with van der Waals surface area (Å²) in [7, 11) is 3.84. The number of hydrogen-bond acceptors (Lipinski definition) is 7. The summed E-state index contributed by atoms with van der Waals surface area (Å²) in [5, 5.41) is 1.15. The van der Waals surface area contributed by atoms with Crippen LogP contribution < -0.4 is 15.3 Å². The highest BCUT2D eigenvalue weighted by atomic mass is 35.5. The van der Waals surface area contributed by atoms with Gasteiger partial charge in [-0.05, 0) is 57.9 Å². The van der Waals surface area contributed by atoms with Gasteiger partial charge in [0.15, 0.2) is 5.75 Å². The van der Waals surface area contributed by atoms with Gasteiger partial charge in [0.2, 0.25) is 12.5 Å². The monoisotopic (exact) mass is 653 g/mol. The first-order valence-corrected chi connectivity index (χ1v) is 15.7. The SMILES string of the molecule is [C-]#[N+]C[C@H]1CN(c2nc(=O)n3c4c(c(-c5cc(Cl)ccc5F)c(Cl)cc24)OCC3CN2CCC2)CCN1C(=O)/C=C/CN(C)C. The molecule has 1 amide bonds. The topological polar surface area (TPSA) is 78.5 Å². The van der Waals surface area contributed by atoms with E-state index in [1.807, 2.05) is 23.9 Å². The van der Waals surface area contributed by atoms with Crippen LogP contribution in [0.25, 0.3) is 26.9 Å². The molecule has 10 nitrogen and oxygen atoms in total. The number of piperazine rings is 1. The summed E-state index contributed by atoms with van der Waals surface area (Å²) >= 11 is 13.2. The number of nitrogens with zero attached hydrogens (tertiary/aromatic N) is 7. The summed E-state index contributed by atoms with van der Waals surface area (Å²) in [6.07, 6.45) is 4.45. The standard InChI is InChI=1S/C32H34Cl2FN7O3/c1-36-16-21-18-40(12-13-41(21)27(43)6-4-9-38(2)3)31-24-15-25(34)28(23-14-20(33)7-8-26(23)35)30-29(24)42(32(44)37-31)22(19-45-30)17-39-10-5-11-39/h4,6-8,14-15,21-22H,5,9-13,16-19H2,2-3H3/b6-4+/t21-,22?/m0/s1. The molecule has 236 valence electrons. The number of ether oxygens (including phenoxy) is 1. The average molecular weight is 655 g/mol. The molecular weight excluding hydrogens is 620 g/mol. The molecule has 0 spiro atoms. The lowest BCUT2D eigenvalue weighted by molar-refractivity contribution is -0.128. The Balaban J connectivity index is 1.46. The van der Waals surface area contributed by atoms with E-state index in [0.717, 1.165) is 19.5 Å². The van der Waals surface area contributed by atoms with E-state index in [0.29, 0.717) is 65.8 Å². The van der Waals surface area contributed by atoms with Crippen molar-refractivity contribution in [3.8, 4) is 16.9 Å². The van der Waals surface area contributed by atoms with Gasteiger partial charge in [-0.1, -0.05) is 29.3 Å². The van der Waals surface area contributed by atoms with E-state index < -0.39 is 17.5 Å². The maximum Gasteiger partial charge on any atom is 0.350 e. The Bertz CT molecular complexity index is 1770. The molecule has 0 aliphatic carbocycles. The van der Waals surface area contributed by atoms with Gasteiger partial charge in [0, 0.05) is 60.3 Å². The number of rotatable bonds is 8. The second-order valence-corrected chi connectivity index (χ2v) is 12.8. The Hall–Kier alpha value is -3.69. The van der Waals surface area contributed by atoms with Crippen LogP contribution in [0, 0.1) is 12.4 Å². The van der Waals surface area contributed by atoms with Crippen molar-refractivity contribution in [2.45, 2.75) is 18.5 Å². The van der Waals surface area contributed by atoms with Crippen molar-refractivity contribution < 1.29 is 13.9 Å². The maximum absolute atomic E-state index is 15.2. The van der Waals surface area contributed by atoms with Gasteiger partial charge in [0.25, 0.3) is 0 Å². The van der Waals surface area contributed by atoms with E-state index in [1.165, 1.54) is 18.2 Å². The lowest BCUT2D eigenvalue weighted by Crippen LogP contribution is -2.56. The predicted molar refractivity (Wildman–Crippen MR) is 174 cm³/mol. The highest BCUT2D eigenvalue weighted by Crippen LogP contribution is 2.47. The third-order valence-corrected chi connectivity index (χ3v) is 9.13. The smallest absolute Gasteiger partial charge is 0.350 e. The number of likely N-dealkylation sites (N-methyl/N-ethyl adjacent to an activating group) is 1. The number of carbonyl (C=O) groups excluding carboxylic acids is 1. The van der Waals surface area contributed by atoms with E-state index in [2.05, 4.69) is 14.7 Å². The maximum atomic E-state index is 15.2. The lowest BCUT2D eigenvalue weighted by atomic mass is 9.99. The van der Waals surface area contributed by atoms with Crippen LogP contribution in [0.5, 0.6) is 5.75 Å². The zero-order chi connectivity index (χ0) is 31.8. The minimum absolute atomic E-state index is 0.101. The molecule has 0 saturated carbocycles. The molecule has 2 aromatic carbocycles. The van der Waals surface area contributed by atoms with Crippen molar-refractivity contribution in [2.75, 3.05) is 78.0 Å². The number of aromatic nitrogens is 2. The van der Waals surface area contributed by atoms with Gasteiger partial charge in [-0.25, -0.2) is 15.8 Å². The molecule has 3 aliphatic rings. The molecule has 2 fully saturated rings. The number of anilines is 1. The van der Waals surface area contributed by atoms with Gasteiger partial charge in [-0.15, -0.1) is 0 Å². The Morgan fingerprint density at radius 1 is 1.20 bits per heavy atom. The molecule has 0 radical (unpaired) electrons. The molecule has 4 heterocycles. The Morgan fingerprint density at radius 3 is 2.71 bits per heavy atom. The molecular formula is C32H34Cl2FN7O3. The second kappa shape index (κ2) is 13.0. The molecule has 2 atom stereocenters. The summed E-state index contributed by atoms with van der Waals surface area (Å²) < 4.78 is 23.2. The fraction of sp³-hybridized carbons (Fsp3) is 0.438. The van der Waals surface area contributed by atoms with Crippen LogP contribution in [-0.2, 0) is 4.79 Å². The van der Waals surface area contributed by atoms with Gasteiger partial charge in [0.05, 0.1) is 16.6 Å². The number of halogens is 3. The summed E-state index contributed by atoms with van der Waals surface area (Å²) in [5.74, 6) is 0.0186. The van der Waals surface area contributed by atoms with E-state index in [1.54, 1.807) is 27.7 Å². The first-order valence-electron chi connectivity index (χ1n) is 15.0. The van der Waals surface area contributed by atoms with Crippen molar-refractivity contribution in [1.29, 1.82) is 0 Å². The first-order chi connectivity index (χ1) is 21.7. The number of amides is 1. The Kier molecular flexibility index (Phi) is 9.02. The third kappa shape index (κ3) is 6.12. The van der Waals surface area contributed by atoms with Crippen LogP contribution in [0.4, 0.5) is 10.2 Å². The minimum atomic E-state index is -0.520. The number of carbonyl (C=O) groups is 1. The zero-order valence-corrected chi connectivity index (χ0v) is 26.7. The van der Waals surface area contributed by atoms with Gasteiger partial charge in [0.1, 0.15) is 24.3 Å². The molecule has 3 aromatic rings. The van der Waals surface area contributed by atoms with Crippen LogP contribution in [0.15, 0.2) is 41.2 Å². The largest absolute Gasteiger partial charge is 0.488 e. The number of benzene rings is 2. The number of likely N-dealkylation sites (tertiary alicyclic amines) is 1. The van der Waals surface area contributed by atoms with E-state index in [4.69, 9.17) is 34.5 Å². The molecule has 45 heavy (non-hydrogen) atoms. The Labute approximate surface area is 271 Å². The quantitative estimate of drug-likeness (QED) is 0.266. The highest BCUT2D eigenvalue weighted by molar-refractivity contribution is 6.35. The zero-order valence-electron chi connectivity index (χ0n) is 25.2. The van der Waals surface area contributed by atoms with Crippen LogP contribution in [0.1, 0.15) is 12.5 Å². The average Bonchev–Trinajstić information content (AvgIpc) is 2.98. The van der Waals surface area contributed by atoms with Crippen molar-refractivity contribution in [1.82, 2.24) is 24.3 Å². The molecule has 2 saturated heterocycles. The molecule has 6 rings (SSSR count). The van der Waals surface area contributed by atoms with E-state index in [9.17, 15) is 9.59 Å². The third-order valence-electron chi connectivity index (χ3n) is 8.60. The van der Waals surface area contributed by atoms with Crippen molar-refractivity contribution in [3.05, 3.63) is 74.2 Å². The molecule has 3 aliphatic heterocycles. The molecule has 0 N–H and O–H groups in total. The lowest BCUT2D eigenvalue weighted by Gasteiger charge is -2.40. The normalized spacial score (nSPS) is 20.0. The van der Waals surface area contributed by atoms with Crippen LogP contribution in [0.2, 0.25) is 10.0 Å². The van der Waals surface area contributed by atoms with Crippen molar-refractivity contribution in [3.63, 3.8) is 0 Å².